The SMILES string of the molecule is CCCNCC1CCN(CCOCCOC)CC1. The van der Waals surface area contributed by atoms with E-state index in [4.69, 9.17) is 9.47 Å². The number of rotatable bonds is 10. The van der Waals surface area contributed by atoms with Crippen molar-refractivity contribution < 1.29 is 9.47 Å². The molecule has 1 aliphatic heterocycles. The summed E-state index contributed by atoms with van der Waals surface area (Å²) in [5.41, 5.74) is 0. The number of hydrogen-bond donors (Lipinski definition) is 1. The Bertz CT molecular complexity index is 183. The van der Waals surface area contributed by atoms with E-state index in [1.165, 1.54) is 38.9 Å². The maximum Gasteiger partial charge on any atom is 0.0700 e. The van der Waals surface area contributed by atoms with Crippen molar-refractivity contribution in [3.63, 3.8) is 0 Å². The third kappa shape index (κ3) is 7.31. The lowest BCUT2D eigenvalue weighted by Gasteiger charge is -2.31. The summed E-state index contributed by atoms with van der Waals surface area (Å²) in [6.07, 6.45) is 3.89. The molecule has 0 aromatic carbocycles. The highest BCUT2D eigenvalue weighted by atomic mass is 16.5. The molecule has 0 radical (unpaired) electrons. The topological polar surface area (TPSA) is 33.7 Å². The number of ether oxygens (including phenoxy) is 2. The zero-order valence-electron chi connectivity index (χ0n) is 12.1. The Labute approximate surface area is 112 Å². The molecular weight excluding hydrogens is 228 g/mol. The minimum Gasteiger partial charge on any atom is -0.382 e. The van der Waals surface area contributed by atoms with Gasteiger partial charge in [0.2, 0.25) is 0 Å². The quantitative estimate of drug-likeness (QED) is 0.600. The van der Waals surface area contributed by atoms with Crippen LogP contribution in [0.25, 0.3) is 0 Å². The molecule has 0 spiro atoms. The summed E-state index contributed by atoms with van der Waals surface area (Å²) in [5.74, 6) is 0.877. The fraction of sp³-hybridized carbons (Fsp3) is 1.00. The molecule has 0 bridgehead atoms. The van der Waals surface area contributed by atoms with Crippen LogP contribution in [0.5, 0.6) is 0 Å². The Kier molecular flexibility index (Phi) is 9.48. The first-order chi connectivity index (χ1) is 8.86. The van der Waals surface area contributed by atoms with Crippen LogP contribution in [0.2, 0.25) is 0 Å². The van der Waals surface area contributed by atoms with Crippen LogP contribution in [0.15, 0.2) is 0 Å². The first-order valence-corrected chi connectivity index (χ1v) is 7.36. The molecule has 1 rings (SSSR count). The largest absolute Gasteiger partial charge is 0.382 e. The lowest BCUT2D eigenvalue weighted by Crippen LogP contribution is -2.39. The maximum absolute atomic E-state index is 5.50. The summed E-state index contributed by atoms with van der Waals surface area (Å²) in [6, 6.07) is 0. The van der Waals surface area contributed by atoms with Gasteiger partial charge in [0.05, 0.1) is 19.8 Å². The van der Waals surface area contributed by atoms with E-state index in [1.807, 2.05) is 0 Å². The molecule has 1 heterocycles. The first-order valence-electron chi connectivity index (χ1n) is 7.36. The van der Waals surface area contributed by atoms with E-state index in [9.17, 15) is 0 Å². The lowest BCUT2D eigenvalue weighted by atomic mass is 9.97. The molecule has 108 valence electrons. The number of piperidine rings is 1. The molecule has 1 fully saturated rings. The average Bonchev–Trinajstić information content (AvgIpc) is 2.40. The van der Waals surface area contributed by atoms with E-state index in [0.717, 1.165) is 25.6 Å². The number of nitrogens with zero attached hydrogens (tertiary/aromatic N) is 1. The highest BCUT2D eigenvalue weighted by Gasteiger charge is 2.18. The summed E-state index contributed by atoms with van der Waals surface area (Å²) in [6.45, 7) is 10.4. The van der Waals surface area contributed by atoms with Crippen molar-refractivity contribution >= 4 is 0 Å². The summed E-state index contributed by atoms with van der Waals surface area (Å²) in [4.78, 5) is 2.52. The Morgan fingerprint density at radius 2 is 1.94 bits per heavy atom. The van der Waals surface area contributed by atoms with E-state index in [1.54, 1.807) is 7.11 Å². The van der Waals surface area contributed by atoms with Gasteiger partial charge in [0, 0.05) is 13.7 Å². The van der Waals surface area contributed by atoms with Crippen molar-refractivity contribution in [1.82, 2.24) is 10.2 Å². The van der Waals surface area contributed by atoms with Gasteiger partial charge in [0.15, 0.2) is 0 Å². The predicted octanol–water partition coefficient (Wildman–Crippen LogP) is 1.36. The number of likely N-dealkylation sites (tertiary alicyclic amines) is 1. The van der Waals surface area contributed by atoms with Crippen LogP contribution in [0.4, 0.5) is 0 Å². The van der Waals surface area contributed by atoms with E-state index in [0.29, 0.717) is 13.2 Å². The highest BCUT2D eigenvalue weighted by molar-refractivity contribution is 4.73. The van der Waals surface area contributed by atoms with Gasteiger partial charge in [0.25, 0.3) is 0 Å². The highest BCUT2D eigenvalue weighted by Crippen LogP contribution is 2.15. The number of hydrogen-bond acceptors (Lipinski definition) is 4. The Hall–Kier alpha value is -0.160. The molecule has 1 aliphatic rings. The second kappa shape index (κ2) is 10.7. The molecule has 4 nitrogen and oxygen atoms in total. The molecular formula is C14H30N2O2. The molecule has 0 aromatic rings. The maximum atomic E-state index is 5.50. The summed E-state index contributed by atoms with van der Waals surface area (Å²) in [5, 5.41) is 3.53. The molecule has 0 saturated carbocycles. The normalized spacial score (nSPS) is 18.3. The van der Waals surface area contributed by atoms with Crippen molar-refractivity contribution in [2.45, 2.75) is 26.2 Å². The first kappa shape index (κ1) is 15.9. The molecule has 0 unspecified atom stereocenters. The molecule has 1 N–H and O–H groups in total. The predicted molar refractivity (Wildman–Crippen MR) is 75.0 cm³/mol. The molecule has 18 heavy (non-hydrogen) atoms. The third-order valence-electron chi connectivity index (χ3n) is 3.55. The fourth-order valence-corrected chi connectivity index (χ4v) is 2.34. The molecule has 0 amide bonds. The van der Waals surface area contributed by atoms with Gasteiger partial charge in [-0.3, -0.25) is 0 Å². The minimum atomic E-state index is 0.700. The van der Waals surface area contributed by atoms with E-state index in [-0.39, 0.29) is 0 Å². The molecule has 1 saturated heterocycles. The van der Waals surface area contributed by atoms with Gasteiger partial charge in [-0.05, 0) is 51.4 Å². The van der Waals surface area contributed by atoms with Crippen LogP contribution in [-0.4, -0.2) is 64.6 Å². The lowest BCUT2D eigenvalue weighted by molar-refractivity contribution is 0.0510. The Morgan fingerprint density at radius 3 is 2.61 bits per heavy atom. The zero-order chi connectivity index (χ0) is 13.1. The Morgan fingerprint density at radius 1 is 1.17 bits per heavy atom. The van der Waals surface area contributed by atoms with E-state index < -0.39 is 0 Å². The second-order valence-electron chi connectivity index (χ2n) is 5.09. The van der Waals surface area contributed by atoms with Gasteiger partial charge in [-0.2, -0.15) is 0 Å². The number of methoxy groups -OCH3 is 1. The van der Waals surface area contributed by atoms with Gasteiger partial charge in [0.1, 0.15) is 0 Å². The average molecular weight is 258 g/mol. The monoisotopic (exact) mass is 258 g/mol. The third-order valence-corrected chi connectivity index (χ3v) is 3.55. The summed E-state index contributed by atoms with van der Waals surface area (Å²) in [7, 11) is 1.71. The Balaban J connectivity index is 1.94. The van der Waals surface area contributed by atoms with Crippen LogP contribution in [-0.2, 0) is 9.47 Å². The van der Waals surface area contributed by atoms with Crippen LogP contribution in [0.3, 0.4) is 0 Å². The summed E-state index contributed by atoms with van der Waals surface area (Å²) >= 11 is 0. The van der Waals surface area contributed by atoms with Gasteiger partial charge in [-0.1, -0.05) is 6.92 Å². The van der Waals surface area contributed by atoms with Crippen molar-refractivity contribution in [3.05, 3.63) is 0 Å². The smallest absolute Gasteiger partial charge is 0.0700 e. The summed E-state index contributed by atoms with van der Waals surface area (Å²) < 4.78 is 10.5. The van der Waals surface area contributed by atoms with Crippen molar-refractivity contribution in [2.24, 2.45) is 5.92 Å². The van der Waals surface area contributed by atoms with E-state index >= 15 is 0 Å². The molecule has 4 heteroatoms. The zero-order valence-corrected chi connectivity index (χ0v) is 12.1. The van der Waals surface area contributed by atoms with Crippen LogP contribution in [0, 0.1) is 5.92 Å². The van der Waals surface area contributed by atoms with Gasteiger partial charge < -0.3 is 19.7 Å². The fourth-order valence-electron chi connectivity index (χ4n) is 2.34. The van der Waals surface area contributed by atoms with Crippen molar-refractivity contribution in [2.75, 3.05) is 59.7 Å². The molecule has 0 aliphatic carbocycles. The van der Waals surface area contributed by atoms with Crippen molar-refractivity contribution in [1.29, 1.82) is 0 Å². The van der Waals surface area contributed by atoms with Crippen molar-refractivity contribution in [3.8, 4) is 0 Å². The van der Waals surface area contributed by atoms with Crippen LogP contribution in [0.1, 0.15) is 26.2 Å². The minimum absolute atomic E-state index is 0.700. The van der Waals surface area contributed by atoms with Crippen LogP contribution < -0.4 is 5.32 Å². The van der Waals surface area contributed by atoms with E-state index in [2.05, 4.69) is 17.1 Å². The standard InChI is InChI=1S/C14H30N2O2/c1-3-6-15-13-14-4-7-16(8-5-14)9-10-18-12-11-17-2/h14-15H,3-13H2,1-2H3. The van der Waals surface area contributed by atoms with Gasteiger partial charge in [-0.25, -0.2) is 0 Å². The number of nitrogens with one attached hydrogen (secondary N) is 1. The molecule has 0 aromatic heterocycles. The molecule has 0 atom stereocenters. The van der Waals surface area contributed by atoms with Gasteiger partial charge in [-0.15, -0.1) is 0 Å². The second-order valence-corrected chi connectivity index (χ2v) is 5.09. The van der Waals surface area contributed by atoms with Gasteiger partial charge >= 0.3 is 0 Å². The van der Waals surface area contributed by atoms with Crippen LogP contribution >= 0.6 is 0 Å².